The summed E-state index contributed by atoms with van der Waals surface area (Å²) < 4.78 is 0. The van der Waals surface area contributed by atoms with Gasteiger partial charge < -0.3 is 5.32 Å². The number of hydrogen-bond acceptors (Lipinski definition) is 2. The molecule has 2 aromatic rings. The highest BCUT2D eigenvalue weighted by molar-refractivity contribution is 6.37. The monoisotopic (exact) mass is 286 g/mol. The van der Waals surface area contributed by atoms with Gasteiger partial charge in [0.2, 0.25) is 0 Å². The van der Waals surface area contributed by atoms with Gasteiger partial charge >= 0.3 is 0 Å². The molecule has 2 nitrogen and oxygen atoms in total. The van der Waals surface area contributed by atoms with E-state index in [1.807, 2.05) is 18.2 Å². The van der Waals surface area contributed by atoms with Crippen molar-refractivity contribution in [3.8, 4) is 11.3 Å². The van der Waals surface area contributed by atoms with E-state index >= 15 is 0 Å². The van der Waals surface area contributed by atoms with E-state index in [1.165, 1.54) is 0 Å². The van der Waals surface area contributed by atoms with Crippen LogP contribution >= 0.6 is 34.8 Å². The topological polar surface area (TPSA) is 24.9 Å². The van der Waals surface area contributed by atoms with Gasteiger partial charge in [0.05, 0.1) is 15.7 Å². The average molecular weight is 288 g/mol. The zero-order valence-electron chi connectivity index (χ0n) is 8.97. The van der Waals surface area contributed by atoms with Crippen LogP contribution in [-0.4, -0.2) is 12.0 Å². The third-order valence-corrected chi connectivity index (χ3v) is 3.08. The molecule has 1 N–H and O–H groups in total. The first-order chi connectivity index (χ1) is 8.11. The SMILES string of the molecule is CNc1nc(-c2cccc(Cl)c2)c(Cl)cc1Cl. The highest BCUT2D eigenvalue weighted by Crippen LogP contribution is 2.32. The van der Waals surface area contributed by atoms with Crippen LogP contribution in [0.1, 0.15) is 0 Å². The van der Waals surface area contributed by atoms with Gasteiger partial charge in [-0.05, 0) is 18.2 Å². The van der Waals surface area contributed by atoms with Crippen LogP contribution in [0.4, 0.5) is 5.82 Å². The molecule has 0 unspecified atom stereocenters. The summed E-state index contributed by atoms with van der Waals surface area (Å²) in [6.45, 7) is 0. The highest BCUT2D eigenvalue weighted by Gasteiger charge is 2.10. The van der Waals surface area contributed by atoms with E-state index in [9.17, 15) is 0 Å². The predicted molar refractivity (Wildman–Crippen MR) is 74.2 cm³/mol. The second kappa shape index (κ2) is 5.13. The lowest BCUT2D eigenvalue weighted by Crippen LogP contribution is -1.96. The zero-order chi connectivity index (χ0) is 12.4. The maximum atomic E-state index is 6.13. The molecular weight excluding hydrogens is 279 g/mol. The van der Waals surface area contributed by atoms with Gasteiger partial charge in [0, 0.05) is 17.6 Å². The van der Waals surface area contributed by atoms with Crippen molar-refractivity contribution in [2.24, 2.45) is 0 Å². The summed E-state index contributed by atoms with van der Waals surface area (Å²) in [4.78, 5) is 4.37. The fourth-order valence-corrected chi connectivity index (χ4v) is 2.23. The number of halogens is 3. The molecule has 0 saturated carbocycles. The van der Waals surface area contributed by atoms with Crippen molar-refractivity contribution in [2.45, 2.75) is 0 Å². The number of pyridine rings is 1. The van der Waals surface area contributed by atoms with Crippen LogP contribution in [0.2, 0.25) is 15.1 Å². The maximum Gasteiger partial charge on any atom is 0.145 e. The van der Waals surface area contributed by atoms with Gasteiger partial charge in [-0.3, -0.25) is 0 Å². The summed E-state index contributed by atoms with van der Waals surface area (Å²) in [5, 5.41) is 4.54. The Morgan fingerprint density at radius 1 is 1.06 bits per heavy atom. The zero-order valence-corrected chi connectivity index (χ0v) is 11.2. The lowest BCUT2D eigenvalue weighted by atomic mass is 10.1. The van der Waals surface area contributed by atoms with E-state index in [0.29, 0.717) is 26.6 Å². The minimum absolute atomic E-state index is 0.489. The Morgan fingerprint density at radius 3 is 2.47 bits per heavy atom. The number of benzene rings is 1. The van der Waals surface area contributed by atoms with E-state index < -0.39 is 0 Å². The Morgan fingerprint density at radius 2 is 1.82 bits per heavy atom. The van der Waals surface area contributed by atoms with Crippen molar-refractivity contribution in [1.29, 1.82) is 0 Å². The lowest BCUT2D eigenvalue weighted by molar-refractivity contribution is 1.29. The third-order valence-electron chi connectivity index (χ3n) is 2.26. The van der Waals surface area contributed by atoms with Crippen molar-refractivity contribution in [3.05, 3.63) is 45.4 Å². The molecule has 0 aliphatic rings. The second-order valence-corrected chi connectivity index (χ2v) is 4.66. The summed E-state index contributed by atoms with van der Waals surface area (Å²) in [5.41, 5.74) is 1.51. The van der Waals surface area contributed by atoms with Crippen molar-refractivity contribution in [3.63, 3.8) is 0 Å². The number of anilines is 1. The molecule has 88 valence electrons. The van der Waals surface area contributed by atoms with Gasteiger partial charge in [-0.1, -0.05) is 46.9 Å². The van der Waals surface area contributed by atoms with Crippen molar-refractivity contribution < 1.29 is 0 Å². The molecule has 0 saturated heterocycles. The first-order valence-corrected chi connectivity index (χ1v) is 6.05. The Kier molecular flexibility index (Phi) is 3.77. The highest BCUT2D eigenvalue weighted by atomic mass is 35.5. The number of aromatic nitrogens is 1. The van der Waals surface area contributed by atoms with Gasteiger partial charge in [0.15, 0.2) is 0 Å². The van der Waals surface area contributed by atoms with E-state index in [2.05, 4.69) is 10.3 Å². The van der Waals surface area contributed by atoms with E-state index in [4.69, 9.17) is 34.8 Å². The predicted octanol–water partition coefficient (Wildman–Crippen LogP) is 4.75. The van der Waals surface area contributed by atoms with Crippen LogP contribution in [0, 0.1) is 0 Å². The van der Waals surface area contributed by atoms with Gasteiger partial charge in [-0.15, -0.1) is 0 Å². The molecule has 2 rings (SSSR count). The molecular formula is C12H9Cl3N2. The van der Waals surface area contributed by atoms with E-state index in [1.54, 1.807) is 19.2 Å². The maximum absolute atomic E-state index is 6.13. The standard InChI is InChI=1S/C12H9Cl3N2/c1-16-12-10(15)6-9(14)11(17-12)7-3-2-4-8(13)5-7/h2-6H,1H3,(H,16,17). The largest absolute Gasteiger partial charge is 0.372 e. The first kappa shape index (κ1) is 12.5. The van der Waals surface area contributed by atoms with Gasteiger partial charge in [0.25, 0.3) is 0 Å². The molecule has 0 fully saturated rings. The molecule has 0 bridgehead atoms. The minimum Gasteiger partial charge on any atom is -0.372 e. The lowest BCUT2D eigenvalue weighted by Gasteiger charge is -2.08. The third kappa shape index (κ3) is 2.65. The van der Waals surface area contributed by atoms with Crippen LogP contribution in [0.25, 0.3) is 11.3 Å². The normalized spacial score (nSPS) is 10.4. The van der Waals surface area contributed by atoms with Crippen molar-refractivity contribution in [1.82, 2.24) is 4.98 Å². The summed E-state index contributed by atoms with van der Waals surface area (Å²) in [6.07, 6.45) is 0. The van der Waals surface area contributed by atoms with Gasteiger partial charge in [-0.2, -0.15) is 0 Å². The Hall–Kier alpha value is -0.960. The summed E-state index contributed by atoms with van der Waals surface area (Å²) in [6, 6.07) is 9.02. The average Bonchev–Trinajstić information content (AvgIpc) is 2.29. The summed E-state index contributed by atoms with van der Waals surface area (Å²) >= 11 is 18.1. The van der Waals surface area contributed by atoms with E-state index in [0.717, 1.165) is 5.56 Å². The van der Waals surface area contributed by atoms with E-state index in [-0.39, 0.29) is 0 Å². The molecule has 1 heterocycles. The summed E-state index contributed by atoms with van der Waals surface area (Å²) in [5.74, 6) is 0.589. The second-order valence-electron chi connectivity index (χ2n) is 3.41. The van der Waals surface area contributed by atoms with Crippen LogP contribution in [0.15, 0.2) is 30.3 Å². The molecule has 1 aromatic heterocycles. The number of rotatable bonds is 2. The Bertz CT molecular complexity index is 555. The van der Waals surface area contributed by atoms with Crippen LogP contribution in [0.5, 0.6) is 0 Å². The Labute approximate surface area is 115 Å². The quantitative estimate of drug-likeness (QED) is 0.862. The Balaban J connectivity index is 2.59. The molecule has 0 spiro atoms. The van der Waals surface area contributed by atoms with Crippen LogP contribution < -0.4 is 5.32 Å². The van der Waals surface area contributed by atoms with Gasteiger partial charge in [-0.25, -0.2) is 4.98 Å². The molecule has 17 heavy (non-hydrogen) atoms. The molecule has 0 amide bonds. The molecule has 0 radical (unpaired) electrons. The number of hydrogen-bond donors (Lipinski definition) is 1. The van der Waals surface area contributed by atoms with Gasteiger partial charge in [0.1, 0.15) is 5.82 Å². The fraction of sp³-hybridized carbons (Fsp3) is 0.0833. The van der Waals surface area contributed by atoms with Crippen molar-refractivity contribution >= 4 is 40.6 Å². The minimum atomic E-state index is 0.489. The molecule has 0 aliphatic heterocycles. The molecule has 5 heteroatoms. The molecule has 0 aliphatic carbocycles. The molecule has 0 atom stereocenters. The summed E-state index contributed by atoms with van der Waals surface area (Å²) in [7, 11) is 1.75. The first-order valence-electron chi connectivity index (χ1n) is 4.91. The fourth-order valence-electron chi connectivity index (χ4n) is 1.48. The molecule has 1 aromatic carbocycles. The number of nitrogens with one attached hydrogen (secondary N) is 1. The van der Waals surface area contributed by atoms with Crippen LogP contribution in [-0.2, 0) is 0 Å². The smallest absolute Gasteiger partial charge is 0.145 e. The van der Waals surface area contributed by atoms with Crippen LogP contribution in [0.3, 0.4) is 0 Å². The number of nitrogens with zero attached hydrogens (tertiary/aromatic N) is 1. The van der Waals surface area contributed by atoms with Crippen molar-refractivity contribution in [2.75, 3.05) is 12.4 Å².